The Kier molecular flexibility index (Phi) is 4.79. The Labute approximate surface area is 83.5 Å². The molecule has 2 atom stereocenters. The second-order valence-corrected chi connectivity index (χ2v) is 5.08. The third-order valence-electron chi connectivity index (χ3n) is 3.27. The fraction of sp³-hybridized carbons (Fsp3) is 1.00. The lowest BCUT2D eigenvalue weighted by atomic mass is 9.99. The lowest BCUT2D eigenvalue weighted by molar-refractivity contribution is 0.374. The molecule has 2 unspecified atom stereocenters. The third-order valence-corrected chi connectivity index (χ3v) is 3.27. The monoisotopic (exact) mass is 183 g/mol. The first kappa shape index (κ1) is 11.0. The lowest BCUT2D eigenvalue weighted by Crippen LogP contribution is -2.13. The maximum atomic E-state index is 2.40. The van der Waals surface area contributed by atoms with Crippen molar-refractivity contribution in [1.82, 2.24) is 4.90 Å². The van der Waals surface area contributed by atoms with Gasteiger partial charge < -0.3 is 4.90 Å². The normalized spacial score (nSPS) is 28.6. The van der Waals surface area contributed by atoms with Crippen molar-refractivity contribution in [3.8, 4) is 0 Å². The average molecular weight is 183 g/mol. The van der Waals surface area contributed by atoms with Crippen LogP contribution in [-0.2, 0) is 0 Å². The first-order valence-corrected chi connectivity index (χ1v) is 5.83. The molecule has 0 aliphatic heterocycles. The molecule has 1 aliphatic rings. The SMILES string of the molecule is CC1CCC(CCCCN(C)C)C1. The molecule has 0 aromatic rings. The van der Waals surface area contributed by atoms with Gasteiger partial charge in [0.15, 0.2) is 0 Å². The summed E-state index contributed by atoms with van der Waals surface area (Å²) < 4.78 is 0. The van der Waals surface area contributed by atoms with Crippen molar-refractivity contribution in [2.45, 2.75) is 45.4 Å². The Balaban J connectivity index is 1.94. The molecule has 1 aliphatic carbocycles. The Morgan fingerprint density at radius 2 is 1.92 bits per heavy atom. The molecular formula is C12H25N. The van der Waals surface area contributed by atoms with E-state index in [4.69, 9.17) is 0 Å². The van der Waals surface area contributed by atoms with Gasteiger partial charge >= 0.3 is 0 Å². The first-order chi connectivity index (χ1) is 6.18. The fourth-order valence-corrected chi connectivity index (χ4v) is 2.45. The van der Waals surface area contributed by atoms with Gasteiger partial charge in [-0.05, 0) is 45.3 Å². The molecule has 1 fully saturated rings. The smallest absolute Gasteiger partial charge is 0.00248 e. The number of hydrogen-bond donors (Lipinski definition) is 0. The second-order valence-electron chi connectivity index (χ2n) is 5.08. The summed E-state index contributed by atoms with van der Waals surface area (Å²) in [5, 5.41) is 0. The van der Waals surface area contributed by atoms with Gasteiger partial charge in [-0.3, -0.25) is 0 Å². The quantitative estimate of drug-likeness (QED) is 0.592. The summed E-state index contributed by atoms with van der Waals surface area (Å²) in [6.07, 6.45) is 8.80. The molecule has 0 aromatic heterocycles. The van der Waals surface area contributed by atoms with Crippen LogP contribution in [0.1, 0.15) is 45.4 Å². The van der Waals surface area contributed by atoms with Gasteiger partial charge in [0.05, 0.1) is 0 Å². The Hall–Kier alpha value is -0.0400. The van der Waals surface area contributed by atoms with Crippen LogP contribution in [0.25, 0.3) is 0 Å². The van der Waals surface area contributed by atoms with E-state index in [9.17, 15) is 0 Å². The molecular weight excluding hydrogens is 158 g/mol. The highest BCUT2D eigenvalue weighted by Crippen LogP contribution is 2.33. The van der Waals surface area contributed by atoms with Crippen LogP contribution in [0, 0.1) is 11.8 Å². The minimum atomic E-state index is 1.01. The molecule has 0 amide bonds. The maximum Gasteiger partial charge on any atom is -0.00248 e. The average Bonchev–Trinajstić information content (AvgIpc) is 2.45. The van der Waals surface area contributed by atoms with Crippen LogP contribution in [0.15, 0.2) is 0 Å². The number of unbranched alkanes of at least 4 members (excludes halogenated alkanes) is 1. The van der Waals surface area contributed by atoms with E-state index in [0.29, 0.717) is 0 Å². The van der Waals surface area contributed by atoms with E-state index in [1.165, 1.54) is 45.1 Å². The summed E-state index contributed by atoms with van der Waals surface area (Å²) >= 11 is 0. The van der Waals surface area contributed by atoms with Crippen molar-refractivity contribution in [1.29, 1.82) is 0 Å². The van der Waals surface area contributed by atoms with Gasteiger partial charge in [-0.25, -0.2) is 0 Å². The minimum absolute atomic E-state index is 1.01. The van der Waals surface area contributed by atoms with Crippen LogP contribution in [-0.4, -0.2) is 25.5 Å². The zero-order valence-electron chi connectivity index (χ0n) is 9.55. The summed E-state index contributed by atoms with van der Waals surface area (Å²) in [7, 11) is 4.33. The second kappa shape index (κ2) is 5.64. The molecule has 1 rings (SSSR count). The first-order valence-electron chi connectivity index (χ1n) is 5.83. The standard InChI is InChI=1S/C12H25N/c1-11-7-8-12(10-11)6-4-5-9-13(2)3/h11-12H,4-10H2,1-3H3. The summed E-state index contributed by atoms with van der Waals surface area (Å²) in [6.45, 7) is 3.67. The van der Waals surface area contributed by atoms with Gasteiger partial charge in [0, 0.05) is 0 Å². The highest BCUT2D eigenvalue weighted by molar-refractivity contribution is 4.72. The molecule has 1 saturated carbocycles. The van der Waals surface area contributed by atoms with Gasteiger partial charge in [0.2, 0.25) is 0 Å². The summed E-state index contributed by atoms with van der Waals surface area (Å²) in [5.41, 5.74) is 0. The van der Waals surface area contributed by atoms with E-state index in [1.807, 2.05) is 0 Å². The molecule has 0 radical (unpaired) electrons. The van der Waals surface area contributed by atoms with Crippen molar-refractivity contribution >= 4 is 0 Å². The van der Waals surface area contributed by atoms with E-state index in [1.54, 1.807) is 0 Å². The number of rotatable bonds is 5. The Bertz CT molecular complexity index is 131. The molecule has 78 valence electrons. The predicted molar refractivity (Wildman–Crippen MR) is 58.9 cm³/mol. The molecule has 0 N–H and O–H groups in total. The molecule has 0 heterocycles. The zero-order chi connectivity index (χ0) is 9.68. The summed E-state index contributed by atoms with van der Waals surface area (Å²) in [6, 6.07) is 0. The van der Waals surface area contributed by atoms with E-state index in [-0.39, 0.29) is 0 Å². The van der Waals surface area contributed by atoms with Crippen LogP contribution < -0.4 is 0 Å². The van der Waals surface area contributed by atoms with Crippen molar-refractivity contribution in [2.75, 3.05) is 20.6 Å². The van der Waals surface area contributed by atoms with E-state index in [0.717, 1.165) is 11.8 Å². The lowest BCUT2D eigenvalue weighted by Gasteiger charge is -2.11. The van der Waals surface area contributed by atoms with Gasteiger partial charge in [-0.1, -0.05) is 32.6 Å². The molecule has 0 saturated heterocycles. The summed E-state index contributed by atoms with van der Waals surface area (Å²) in [4.78, 5) is 2.29. The highest BCUT2D eigenvalue weighted by Gasteiger charge is 2.20. The van der Waals surface area contributed by atoms with Gasteiger partial charge in [-0.2, -0.15) is 0 Å². The molecule has 1 heteroatoms. The topological polar surface area (TPSA) is 3.24 Å². The van der Waals surface area contributed by atoms with Gasteiger partial charge in [0.1, 0.15) is 0 Å². The van der Waals surface area contributed by atoms with Crippen molar-refractivity contribution < 1.29 is 0 Å². The molecule has 1 nitrogen and oxygen atoms in total. The highest BCUT2D eigenvalue weighted by atomic mass is 15.0. The zero-order valence-corrected chi connectivity index (χ0v) is 9.55. The summed E-state index contributed by atoms with van der Waals surface area (Å²) in [5.74, 6) is 2.08. The molecule has 0 bridgehead atoms. The third kappa shape index (κ3) is 4.66. The molecule has 13 heavy (non-hydrogen) atoms. The van der Waals surface area contributed by atoms with Crippen molar-refractivity contribution in [3.05, 3.63) is 0 Å². The van der Waals surface area contributed by atoms with Crippen LogP contribution in [0.3, 0.4) is 0 Å². The number of nitrogens with zero attached hydrogens (tertiary/aromatic N) is 1. The predicted octanol–water partition coefficient (Wildman–Crippen LogP) is 3.15. The Morgan fingerprint density at radius 1 is 1.15 bits per heavy atom. The Morgan fingerprint density at radius 3 is 2.46 bits per heavy atom. The van der Waals surface area contributed by atoms with Crippen LogP contribution >= 0.6 is 0 Å². The molecule has 0 aromatic carbocycles. The van der Waals surface area contributed by atoms with E-state index >= 15 is 0 Å². The largest absolute Gasteiger partial charge is 0.309 e. The van der Waals surface area contributed by atoms with Crippen LogP contribution in [0.5, 0.6) is 0 Å². The minimum Gasteiger partial charge on any atom is -0.309 e. The van der Waals surface area contributed by atoms with Crippen LogP contribution in [0.4, 0.5) is 0 Å². The van der Waals surface area contributed by atoms with Crippen LogP contribution in [0.2, 0.25) is 0 Å². The fourth-order valence-electron chi connectivity index (χ4n) is 2.45. The van der Waals surface area contributed by atoms with Crippen molar-refractivity contribution in [2.24, 2.45) is 11.8 Å². The molecule has 0 spiro atoms. The van der Waals surface area contributed by atoms with E-state index in [2.05, 4.69) is 25.9 Å². The van der Waals surface area contributed by atoms with E-state index < -0.39 is 0 Å². The number of hydrogen-bond acceptors (Lipinski definition) is 1. The maximum absolute atomic E-state index is 2.40. The van der Waals surface area contributed by atoms with Gasteiger partial charge in [0.25, 0.3) is 0 Å². The van der Waals surface area contributed by atoms with Gasteiger partial charge in [-0.15, -0.1) is 0 Å². The van der Waals surface area contributed by atoms with Crippen molar-refractivity contribution in [3.63, 3.8) is 0 Å².